The normalized spacial score (nSPS) is 11.5. The highest BCUT2D eigenvalue weighted by molar-refractivity contribution is 7.16. The summed E-state index contributed by atoms with van der Waals surface area (Å²) in [7, 11) is 1.62. The average Bonchev–Trinajstić information content (AvgIpc) is 3.06. The van der Waals surface area contributed by atoms with Crippen LogP contribution in [0.3, 0.4) is 0 Å². The summed E-state index contributed by atoms with van der Waals surface area (Å²) in [6, 6.07) is 19.2. The Balaban J connectivity index is 1.87. The molecule has 0 atom stereocenters. The first-order valence-electron chi connectivity index (χ1n) is 7.90. The number of thiazole rings is 1. The lowest BCUT2D eigenvalue weighted by atomic mass is 10.1. The van der Waals surface area contributed by atoms with Crippen LogP contribution in [-0.4, -0.2) is 12.1 Å². The van der Waals surface area contributed by atoms with Gasteiger partial charge in [-0.05, 0) is 42.8 Å². The molecule has 0 fully saturated rings. The summed E-state index contributed by atoms with van der Waals surface area (Å²) >= 11 is 1.35. The second kappa shape index (κ2) is 8.19. The lowest BCUT2D eigenvalue weighted by molar-refractivity contribution is 0.415. The summed E-state index contributed by atoms with van der Waals surface area (Å²) in [6.07, 6.45) is 1.80. The van der Waals surface area contributed by atoms with Gasteiger partial charge in [-0.25, -0.2) is 4.98 Å². The molecule has 0 bridgehead atoms. The van der Waals surface area contributed by atoms with Crippen molar-refractivity contribution in [2.45, 2.75) is 6.92 Å². The molecule has 0 aliphatic heterocycles. The number of hydrogen-bond acceptors (Lipinski definition) is 6. The summed E-state index contributed by atoms with van der Waals surface area (Å²) in [6.45, 7) is 1.86. The molecule has 3 rings (SSSR count). The standard InChI is InChI=1S/C20H16N4OS/c1-14-19(24-23-17-6-4-3-5-7-17)26-20(22-14)16(13-21)12-15-8-10-18(25-2)11-9-15/h3-12H,1-2H3/b16-12+,24-23?. The number of aryl methyl sites for hydroxylation is 1. The lowest BCUT2D eigenvalue weighted by Crippen LogP contribution is -1.83. The van der Waals surface area contributed by atoms with Gasteiger partial charge >= 0.3 is 0 Å². The highest BCUT2D eigenvalue weighted by Gasteiger charge is 2.11. The fourth-order valence-electron chi connectivity index (χ4n) is 2.20. The maximum Gasteiger partial charge on any atom is 0.162 e. The first-order chi connectivity index (χ1) is 12.7. The molecule has 0 amide bonds. The van der Waals surface area contributed by atoms with E-state index in [1.54, 1.807) is 13.2 Å². The number of aromatic nitrogens is 1. The number of hydrogen-bond donors (Lipinski definition) is 0. The molecule has 26 heavy (non-hydrogen) atoms. The van der Waals surface area contributed by atoms with Gasteiger partial charge in [-0.2, -0.15) is 5.26 Å². The molecule has 1 heterocycles. The highest BCUT2D eigenvalue weighted by atomic mass is 32.1. The van der Waals surface area contributed by atoms with Crippen LogP contribution in [0, 0.1) is 18.3 Å². The Morgan fingerprint density at radius 2 is 1.85 bits per heavy atom. The quantitative estimate of drug-likeness (QED) is 0.417. The van der Waals surface area contributed by atoms with Gasteiger partial charge < -0.3 is 4.74 Å². The zero-order valence-electron chi connectivity index (χ0n) is 14.4. The number of methoxy groups -OCH3 is 1. The molecule has 1 aromatic heterocycles. The molecule has 128 valence electrons. The van der Waals surface area contributed by atoms with E-state index in [0.29, 0.717) is 15.6 Å². The maximum atomic E-state index is 9.52. The highest BCUT2D eigenvalue weighted by Crippen LogP contribution is 2.33. The van der Waals surface area contributed by atoms with Crippen molar-refractivity contribution in [3.63, 3.8) is 0 Å². The fourth-order valence-corrected chi connectivity index (χ4v) is 3.06. The Hall–Kier alpha value is -3.30. The third-order valence-corrected chi connectivity index (χ3v) is 4.64. The van der Waals surface area contributed by atoms with Crippen LogP contribution >= 0.6 is 11.3 Å². The molecule has 5 nitrogen and oxygen atoms in total. The van der Waals surface area contributed by atoms with Crippen LogP contribution in [0.2, 0.25) is 0 Å². The van der Waals surface area contributed by atoms with Gasteiger partial charge in [0.05, 0.1) is 24.1 Å². The van der Waals surface area contributed by atoms with E-state index >= 15 is 0 Å². The van der Waals surface area contributed by atoms with Gasteiger partial charge in [0, 0.05) is 0 Å². The Morgan fingerprint density at radius 1 is 1.12 bits per heavy atom. The zero-order chi connectivity index (χ0) is 18.4. The molecule has 0 radical (unpaired) electrons. The van der Waals surface area contributed by atoms with Crippen molar-refractivity contribution in [3.8, 4) is 11.8 Å². The van der Waals surface area contributed by atoms with E-state index in [4.69, 9.17) is 4.74 Å². The molecular weight excluding hydrogens is 344 g/mol. The number of ether oxygens (including phenoxy) is 1. The largest absolute Gasteiger partial charge is 0.497 e. The van der Waals surface area contributed by atoms with Crippen molar-refractivity contribution >= 4 is 33.7 Å². The first kappa shape index (κ1) is 17.5. The predicted octanol–water partition coefficient (Wildman–Crippen LogP) is 5.94. The van der Waals surface area contributed by atoms with Crippen LogP contribution in [0.1, 0.15) is 16.3 Å². The molecule has 0 spiro atoms. The molecule has 0 unspecified atom stereocenters. The molecule has 0 saturated carbocycles. The molecular formula is C20H16N4OS. The summed E-state index contributed by atoms with van der Waals surface area (Å²) < 4.78 is 5.15. The minimum Gasteiger partial charge on any atom is -0.497 e. The summed E-state index contributed by atoms with van der Waals surface area (Å²) in [5.74, 6) is 0.773. The van der Waals surface area contributed by atoms with E-state index in [2.05, 4.69) is 21.3 Å². The zero-order valence-corrected chi connectivity index (χ0v) is 15.2. The Morgan fingerprint density at radius 3 is 2.50 bits per heavy atom. The smallest absolute Gasteiger partial charge is 0.162 e. The van der Waals surface area contributed by atoms with Crippen LogP contribution in [0.15, 0.2) is 64.8 Å². The maximum absolute atomic E-state index is 9.52. The van der Waals surface area contributed by atoms with Crippen LogP contribution in [-0.2, 0) is 0 Å². The van der Waals surface area contributed by atoms with Crippen LogP contribution in [0.25, 0.3) is 11.6 Å². The van der Waals surface area contributed by atoms with Gasteiger partial charge in [-0.1, -0.05) is 41.7 Å². The monoisotopic (exact) mass is 360 g/mol. The fraction of sp³-hybridized carbons (Fsp3) is 0.100. The molecule has 2 aromatic carbocycles. The first-order valence-corrected chi connectivity index (χ1v) is 8.71. The number of azo groups is 1. The minimum absolute atomic E-state index is 0.490. The molecule has 3 aromatic rings. The summed E-state index contributed by atoms with van der Waals surface area (Å²) in [5.41, 5.74) is 2.92. The number of rotatable bonds is 5. The van der Waals surface area contributed by atoms with E-state index in [1.165, 1.54) is 11.3 Å². The predicted molar refractivity (Wildman–Crippen MR) is 104 cm³/mol. The Labute approximate surface area is 155 Å². The van der Waals surface area contributed by atoms with Gasteiger partial charge in [0.2, 0.25) is 0 Å². The summed E-state index contributed by atoms with van der Waals surface area (Å²) in [5, 5.41) is 19.3. The van der Waals surface area contributed by atoms with Crippen molar-refractivity contribution in [2.75, 3.05) is 7.11 Å². The SMILES string of the molecule is COc1ccc(/C=C(\C#N)c2nc(C)c(N=Nc3ccccc3)s2)cc1. The second-order valence-corrected chi connectivity index (χ2v) is 6.37. The molecule has 6 heteroatoms. The topological polar surface area (TPSA) is 70.6 Å². The number of nitriles is 1. The van der Waals surface area contributed by atoms with E-state index in [1.807, 2.05) is 61.5 Å². The number of nitrogens with zero attached hydrogens (tertiary/aromatic N) is 4. The van der Waals surface area contributed by atoms with Crippen molar-refractivity contribution in [1.82, 2.24) is 4.98 Å². The molecule has 0 aliphatic rings. The minimum atomic E-state index is 0.490. The molecule has 0 N–H and O–H groups in total. The van der Waals surface area contributed by atoms with Gasteiger partial charge in [-0.15, -0.1) is 10.2 Å². The van der Waals surface area contributed by atoms with Gasteiger partial charge in [0.15, 0.2) is 5.00 Å². The Bertz CT molecular complexity index is 983. The van der Waals surface area contributed by atoms with Crippen molar-refractivity contribution < 1.29 is 4.74 Å². The number of benzene rings is 2. The van der Waals surface area contributed by atoms with Gasteiger partial charge in [0.25, 0.3) is 0 Å². The Kier molecular flexibility index (Phi) is 5.52. The van der Waals surface area contributed by atoms with E-state index in [-0.39, 0.29) is 0 Å². The third-order valence-electron chi connectivity index (χ3n) is 3.56. The van der Waals surface area contributed by atoms with Crippen LogP contribution < -0.4 is 4.74 Å². The molecule has 0 aliphatic carbocycles. The summed E-state index contributed by atoms with van der Waals surface area (Å²) in [4.78, 5) is 4.47. The lowest BCUT2D eigenvalue weighted by Gasteiger charge is -1.99. The van der Waals surface area contributed by atoms with Crippen molar-refractivity contribution in [2.24, 2.45) is 10.2 Å². The van der Waals surface area contributed by atoms with E-state index < -0.39 is 0 Å². The molecule has 0 saturated heterocycles. The van der Waals surface area contributed by atoms with E-state index in [0.717, 1.165) is 22.7 Å². The third kappa shape index (κ3) is 4.21. The second-order valence-electron chi connectivity index (χ2n) is 5.39. The average molecular weight is 360 g/mol. The van der Waals surface area contributed by atoms with Crippen LogP contribution in [0.4, 0.5) is 10.7 Å². The van der Waals surface area contributed by atoms with Crippen molar-refractivity contribution in [1.29, 1.82) is 5.26 Å². The van der Waals surface area contributed by atoms with Crippen LogP contribution in [0.5, 0.6) is 5.75 Å². The number of allylic oxidation sites excluding steroid dienone is 1. The van der Waals surface area contributed by atoms with Crippen molar-refractivity contribution in [3.05, 3.63) is 70.9 Å². The van der Waals surface area contributed by atoms with Gasteiger partial charge in [0.1, 0.15) is 16.8 Å². The van der Waals surface area contributed by atoms with Gasteiger partial charge in [-0.3, -0.25) is 0 Å². The van der Waals surface area contributed by atoms with E-state index in [9.17, 15) is 5.26 Å².